The van der Waals surface area contributed by atoms with Crippen LogP contribution in [-0.4, -0.2) is 56.7 Å². The molecule has 7 nitrogen and oxygen atoms in total. The molecule has 0 aliphatic rings. The molecule has 0 aromatic rings. The van der Waals surface area contributed by atoms with E-state index in [0.29, 0.717) is 19.9 Å². The molecule has 0 bridgehead atoms. The molecule has 0 radical (unpaired) electrons. The highest BCUT2D eigenvalue weighted by Gasteiger charge is 1.95. The summed E-state index contributed by atoms with van der Waals surface area (Å²) >= 11 is 0. The first kappa shape index (κ1) is 26.9. The molecule has 0 aromatic heterocycles. The van der Waals surface area contributed by atoms with Crippen molar-refractivity contribution in [1.29, 1.82) is 0 Å². The van der Waals surface area contributed by atoms with Gasteiger partial charge in [-0.1, -0.05) is 38.5 Å². The SMILES string of the molecule is CCO[SiH2]NCOOCCCCCCCCCCOOCCCCCNC. The van der Waals surface area contributed by atoms with E-state index in [-0.39, 0.29) is 0 Å². The molecule has 0 aliphatic heterocycles. The Morgan fingerprint density at radius 3 is 1.63 bits per heavy atom. The first-order valence-electron chi connectivity index (χ1n) is 10.8. The zero-order valence-corrected chi connectivity index (χ0v) is 19.2. The van der Waals surface area contributed by atoms with E-state index in [0.717, 1.165) is 39.0 Å². The second-order valence-corrected chi connectivity index (χ2v) is 7.80. The molecule has 0 atom stereocenters. The molecule has 2 N–H and O–H groups in total. The van der Waals surface area contributed by atoms with Crippen LogP contribution in [0.2, 0.25) is 0 Å². The van der Waals surface area contributed by atoms with Gasteiger partial charge in [-0.3, -0.25) is 4.98 Å². The van der Waals surface area contributed by atoms with E-state index < -0.39 is 9.92 Å². The van der Waals surface area contributed by atoms with E-state index in [9.17, 15) is 0 Å². The summed E-state index contributed by atoms with van der Waals surface area (Å²) in [6.07, 6.45) is 13.2. The van der Waals surface area contributed by atoms with Gasteiger partial charge >= 0.3 is 0 Å². The van der Waals surface area contributed by atoms with Crippen LogP contribution >= 0.6 is 0 Å². The number of hydrogen-bond acceptors (Lipinski definition) is 7. The third-order valence-corrected chi connectivity index (χ3v) is 5.12. The van der Waals surface area contributed by atoms with Gasteiger partial charge < -0.3 is 9.74 Å². The average Bonchev–Trinajstić information content (AvgIpc) is 2.68. The molecule has 0 aromatic carbocycles. The van der Waals surface area contributed by atoms with Crippen LogP contribution in [0.25, 0.3) is 0 Å². The molecule has 0 rings (SSSR count). The highest BCUT2D eigenvalue weighted by molar-refractivity contribution is 6.23. The molecule has 8 heteroatoms. The molecule has 0 fully saturated rings. The smallest absolute Gasteiger partial charge is 0.237 e. The van der Waals surface area contributed by atoms with Crippen molar-refractivity contribution in [3.63, 3.8) is 0 Å². The van der Waals surface area contributed by atoms with Gasteiger partial charge in [-0.05, 0) is 52.6 Å². The van der Waals surface area contributed by atoms with Crippen molar-refractivity contribution >= 4 is 9.92 Å². The van der Waals surface area contributed by atoms with Crippen molar-refractivity contribution in [3.8, 4) is 0 Å². The Morgan fingerprint density at radius 1 is 0.630 bits per heavy atom. The summed E-state index contributed by atoms with van der Waals surface area (Å²) in [4.78, 5) is 23.6. The fourth-order valence-corrected chi connectivity index (χ4v) is 3.01. The second-order valence-electron chi connectivity index (χ2n) is 6.61. The van der Waals surface area contributed by atoms with Crippen LogP contribution in [0, 0.1) is 0 Å². The maximum absolute atomic E-state index is 5.25. The van der Waals surface area contributed by atoms with Crippen molar-refractivity contribution in [2.45, 2.75) is 77.6 Å². The Kier molecular flexibility index (Phi) is 25.9. The minimum absolute atomic E-state index is 0.428. The van der Waals surface area contributed by atoms with Gasteiger partial charge in [0.15, 0.2) is 0 Å². The second kappa shape index (κ2) is 25.9. The van der Waals surface area contributed by atoms with Gasteiger partial charge in [0.25, 0.3) is 0 Å². The van der Waals surface area contributed by atoms with Gasteiger partial charge in [-0.2, -0.15) is 0 Å². The maximum Gasteiger partial charge on any atom is 0.237 e. The largest absolute Gasteiger partial charge is 0.409 e. The van der Waals surface area contributed by atoms with Crippen molar-refractivity contribution in [3.05, 3.63) is 0 Å². The van der Waals surface area contributed by atoms with Gasteiger partial charge in [0.1, 0.15) is 6.73 Å². The van der Waals surface area contributed by atoms with Gasteiger partial charge in [0, 0.05) is 6.61 Å². The summed E-state index contributed by atoms with van der Waals surface area (Å²) in [5.41, 5.74) is 0. The van der Waals surface area contributed by atoms with E-state index in [2.05, 4.69) is 10.3 Å². The molecular weight excluding hydrogens is 364 g/mol. The van der Waals surface area contributed by atoms with E-state index in [1.54, 1.807) is 0 Å². The summed E-state index contributed by atoms with van der Waals surface area (Å²) in [7, 11) is 1.35. The Bertz CT molecular complexity index is 242. The Morgan fingerprint density at radius 2 is 1.11 bits per heavy atom. The molecule has 0 saturated carbocycles. The minimum atomic E-state index is -0.630. The summed E-state index contributed by atoms with van der Waals surface area (Å²) in [6.45, 7) is 6.37. The Hall–Kier alpha value is -0.0631. The number of nitrogens with one attached hydrogen (secondary N) is 2. The van der Waals surface area contributed by atoms with Crippen LogP contribution in [0.15, 0.2) is 0 Å². The van der Waals surface area contributed by atoms with Crippen LogP contribution in [0.5, 0.6) is 0 Å². The molecule has 0 unspecified atom stereocenters. The van der Waals surface area contributed by atoms with Crippen LogP contribution < -0.4 is 10.3 Å². The van der Waals surface area contributed by atoms with Gasteiger partial charge in [0.2, 0.25) is 9.92 Å². The lowest BCUT2D eigenvalue weighted by atomic mass is 10.1. The maximum atomic E-state index is 5.25. The standard InChI is InChI=1S/C19H44N2O5Si/c1-3-26-27-21-19-25-24-18-13-9-7-5-4-6-8-12-16-22-23-17-14-10-11-15-20-2/h20-21H,3-19,27H2,1-2H3. The van der Waals surface area contributed by atoms with Crippen LogP contribution in [0.4, 0.5) is 0 Å². The number of rotatable bonds is 24. The molecule has 0 heterocycles. The fraction of sp³-hybridized carbons (Fsp3) is 1.00. The molecule has 0 aliphatic carbocycles. The average molecular weight is 409 g/mol. The first-order chi connectivity index (χ1) is 13.4. The van der Waals surface area contributed by atoms with Crippen LogP contribution in [0.1, 0.15) is 77.6 Å². The monoisotopic (exact) mass is 408 g/mol. The number of hydrogen-bond donors (Lipinski definition) is 2. The highest BCUT2D eigenvalue weighted by Crippen LogP contribution is 2.09. The van der Waals surface area contributed by atoms with Crippen molar-refractivity contribution < 1.29 is 24.0 Å². The first-order valence-corrected chi connectivity index (χ1v) is 12.1. The van der Waals surface area contributed by atoms with Crippen LogP contribution in [-0.2, 0) is 24.0 Å². The zero-order valence-electron chi connectivity index (χ0n) is 17.8. The minimum Gasteiger partial charge on any atom is -0.409 e. The van der Waals surface area contributed by atoms with E-state index >= 15 is 0 Å². The molecular formula is C19H44N2O5Si. The predicted octanol–water partition coefficient (Wildman–Crippen LogP) is 2.98. The highest BCUT2D eigenvalue weighted by atomic mass is 28.2. The lowest BCUT2D eigenvalue weighted by molar-refractivity contribution is -0.296. The van der Waals surface area contributed by atoms with Gasteiger partial charge in [-0.25, -0.2) is 19.6 Å². The Labute approximate surface area is 169 Å². The zero-order chi connectivity index (χ0) is 19.7. The summed E-state index contributed by atoms with van der Waals surface area (Å²) in [6, 6.07) is 0. The van der Waals surface area contributed by atoms with Crippen molar-refractivity contribution in [1.82, 2.24) is 10.3 Å². The van der Waals surface area contributed by atoms with E-state index in [1.165, 1.54) is 51.4 Å². The molecule has 0 saturated heterocycles. The fourth-order valence-electron chi connectivity index (χ4n) is 2.50. The molecule has 0 spiro atoms. The quantitative estimate of drug-likeness (QED) is 0.0836. The van der Waals surface area contributed by atoms with E-state index in [4.69, 9.17) is 24.0 Å². The lowest BCUT2D eigenvalue weighted by Gasteiger charge is -2.06. The van der Waals surface area contributed by atoms with Crippen molar-refractivity contribution in [2.75, 3.05) is 46.8 Å². The van der Waals surface area contributed by atoms with Gasteiger partial charge in [-0.15, -0.1) is 0 Å². The third-order valence-electron chi connectivity index (χ3n) is 4.10. The van der Waals surface area contributed by atoms with E-state index in [1.807, 2.05) is 14.0 Å². The lowest BCUT2D eigenvalue weighted by Crippen LogP contribution is -2.25. The Balaban J connectivity index is 2.95. The molecule has 0 amide bonds. The topological polar surface area (TPSA) is 70.2 Å². The molecule has 164 valence electrons. The van der Waals surface area contributed by atoms with Crippen molar-refractivity contribution in [2.24, 2.45) is 0 Å². The summed E-state index contributed by atoms with van der Waals surface area (Å²) in [5, 5.41) is 3.14. The predicted molar refractivity (Wildman–Crippen MR) is 112 cm³/mol. The number of unbranched alkanes of at least 4 members (excludes halogenated alkanes) is 9. The van der Waals surface area contributed by atoms with Gasteiger partial charge in [0.05, 0.1) is 19.8 Å². The summed E-state index contributed by atoms with van der Waals surface area (Å²) < 4.78 is 5.25. The molecule has 27 heavy (non-hydrogen) atoms. The van der Waals surface area contributed by atoms with Crippen LogP contribution in [0.3, 0.4) is 0 Å². The third kappa shape index (κ3) is 25.9. The summed E-state index contributed by atoms with van der Waals surface area (Å²) in [5.74, 6) is 0. The normalized spacial score (nSPS) is 11.8.